The summed E-state index contributed by atoms with van der Waals surface area (Å²) in [6, 6.07) is 0. The molecule has 0 unspecified atom stereocenters. The topological polar surface area (TPSA) is 36.4 Å². The van der Waals surface area contributed by atoms with E-state index in [0.29, 0.717) is 17.5 Å². The standard InChI is InChI=1S/C14H21N3OS/c1-10(2)3-16-4-11-6-17(7-12(11)5-16)14(18)13-8-19-9-15-13/h8-12H,3-7H2,1-2H3/t11-,12+. The van der Waals surface area contributed by atoms with Crippen molar-refractivity contribution in [3.8, 4) is 0 Å². The second-order valence-corrected chi connectivity index (χ2v) is 6.94. The summed E-state index contributed by atoms with van der Waals surface area (Å²) in [5.74, 6) is 2.18. The number of hydrogen-bond donors (Lipinski definition) is 0. The summed E-state index contributed by atoms with van der Waals surface area (Å²) in [6.07, 6.45) is 0. The van der Waals surface area contributed by atoms with Gasteiger partial charge in [-0.25, -0.2) is 4.98 Å². The SMILES string of the molecule is CC(C)CN1C[C@@H]2CN(C(=O)c3cscn3)C[C@@H]2C1. The van der Waals surface area contributed by atoms with Crippen LogP contribution in [-0.2, 0) is 0 Å². The number of hydrogen-bond acceptors (Lipinski definition) is 4. The molecule has 2 aliphatic heterocycles. The van der Waals surface area contributed by atoms with E-state index in [0.717, 1.165) is 32.1 Å². The Labute approximate surface area is 118 Å². The summed E-state index contributed by atoms with van der Waals surface area (Å²) in [5, 5.41) is 1.85. The number of amides is 1. The summed E-state index contributed by atoms with van der Waals surface area (Å²) < 4.78 is 0. The van der Waals surface area contributed by atoms with E-state index in [-0.39, 0.29) is 5.91 Å². The molecule has 2 atom stereocenters. The van der Waals surface area contributed by atoms with Gasteiger partial charge in [-0.1, -0.05) is 13.8 Å². The lowest BCUT2D eigenvalue weighted by Gasteiger charge is -2.22. The largest absolute Gasteiger partial charge is 0.337 e. The van der Waals surface area contributed by atoms with Crippen molar-refractivity contribution in [1.82, 2.24) is 14.8 Å². The molecule has 2 fully saturated rings. The molecule has 3 rings (SSSR count). The molecule has 1 amide bonds. The Morgan fingerprint density at radius 2 is 2.05 bits per heavy atom. The molecular weight excluding hydrogens is 258 g/mol. The molecule has 2 saturated heterocycles. The van der Waals surface area contributed by atoms with E-state index in [4.69, 9.17) is 0 Å². The smallest absolute Gasteiger partial charge is 0.273 e. The first-order valence-electron chi connectivity index (χ1n) is 7.03. The van der Waals surface area contributed by atoms with Crippen LogP contribution in [0.15, 0.2) is 10.9 Å². The van der Waals surface area contributed by atoms with Crippen LogP contribution in [-0.4, -0.2) is 53.4 Å². The number of carbonyl (C=O) groups is 1. The molecule has 1 aromatic rings. The van der Waals surface area contributed by atoms with E-state index in [1.807, 2.05) is 10.3 Å². The molecule has 0 spiro atoms. The zero-order valence-electron chi connectivity index (χ0n) is 11.6. The predicted octanol–water partition coefficient (Wildman–Crippen LogP) is 1.80. The fourth-order valence-electron chi connectivity index (χ4n) is 3.40. The fraction of sp³-hybridized carbons (Fsp3) is 0.714. The van der Waals surface area contributed by atoms with E-state index in [2.05, 4.69) is 23.7 Å². The van der Waals surface area contributed by atoms with Gasteiger partial charge in [-0.05, 0) is 17.8 Å². The van der Waals surface area contributed by atoms with Crippen LogP contribution in [0, 0.1) is 17.8 Å². The summed E-state index contributed by atoms with van der Waals surface area (Å²) in [4.78, 5) is 20.9. The number of nitrogens with zero attached hydrogens (tertiary/aromatic N) is 3. The van der Waals surface area contributed by atoms with Crippen molar-refractivity contribution in [2.75, 3.05) is 32.7 Å². The van der Waals surface area contributed by atoms with Gasteiger partial charge >= 0.3 is 0 Å². The highest BCUT2D eigenvalue weighted by Crippen LogP contribution is 2.32. The minimum absolute atomic E-state index is 0.117. The van der Waals surface area contributed by atoms with Gasteiger partial charge in [0.15, 0.2) is 0 Å². The Bertz CT molecular complexity index is 432. The van der Waals surface area contributed by atoms with Crippen molar-refractivity contribution in [3.05, 3.63) is 16.6 Å². The van der Waals surface area contributed by atoms with Crippen molar-refractivity contribution in [2.24, 2.45) is 17.8 Å². The average molecular weight is 279 g/mol. The summed E-state index contributed by atoms with van der Waals surface area (Å²) in [6.45, 7) is 9.87. The molecule has 0 N–H and O–H groups in total. The molecule has 0 aliphatic carbocycles. The number of likely N-dealkylation sites (tertiary alicyclic amines) is 2. The van der Waals surface area contributed by atoms with Gasteiger partial charge in [-0.15, -0.1) is 11.3 Å². The Balaban J connectivity index is 1.58. The lowest BCUT2D eigenvalue weighted by Crippen LogP contribution is -2.34. The van der Waals surface area contributed by atoms with Crippen LogP contribution in [0.3, 0.4) is 0 Å². The monoisotopic (exact) mass is 279 g/mol. The van der Waals surface area contributed by atoms with Crippen LogP contribution in [0.4, 0.5) is 0 Å². The van der Waals surface area contributed by atoms with Crippen molar-refractivity contribution in [2.45, 2.75) is 13.8 Å². The third-order valence-electron chi connectivity index (χ3n) is 4.12. The minimum Gasteiger partial charge on any atom is -0.337 e. The van der Waals surface area contributed by atoms with Crippen molar-refractivity contribution in [3.63, 3.8) is 0 Å². The van der Waals surface area contributed by atoms with E-state index in [9.17, 15) is 4.79 Å². The summed E-state index contributed by atoms with van der Waals surface area (Å²) >= 11 is 1.49. The molecule has 19 heavy (non-hydrogen) atoms. The number of carbonyl (C=O) groups excluding carboxylic acids is 1. The zero-order valence-corrected chi connectivity index (χ0v) is 12.4. The van der Waals surface area contributed by atoms with Gasteiger partial charge in [0.1, 0.15) is 5.69 Å². The first-order chi connectivity index (χ1) is 9.13. The lowest BCUT2D eigenvalue weighted by atomic mass is 10.0. The van der Waals surface area contributed by atoms with Gasteiger partial charge in [0.05, 0.1) is 5.51 Å². The Kier molecular flexibility index (Phi) is 3.58. The van der Waals surface area contributed by atoms with E-state index in [1.54, 1.807) is 5.51 Å². The quantitative estimate of drug-likeness (QED) is 0.846. The highest BCUT2D eigenvalue weighted by molar-refractivity contribution is 7.07. The molecule has 0 bridgehead atoms. The van der Waals surface area contributed by atoms with Crippen LogP contribution in [0.25, 0.3) is 0 Å². The third kappa shape index (κ3) is 2.67. The second-order valence-electron chi connectivity index (χ2n) is 6.22. The van der Waals surface area contributed by atoms with Crippen LogP contribution in [0.5, 0.6) is 0 Å². The normalized spacial score (nSPS) is 27.2. The molecule has 5 heteroatoms. The van der Waals surface area contributed by atoms with E-state index < -0.39 is 0 Å². The maximum Gasteiger partial charge on any atom is 0.273 e. The highest BCUT2D eigenvalue weighted by atomic mass is 32.1. The number of fused-ring (bicyclic) bond motifs is 1. The zero-order chi connectivity index (χ0) is 13.4. The second kappa shape index (κ2) is 5.21. The van der Waals surface area contributed by atoms with Crippen molar-refractivity contribution in [1.29, 1.82) is 0 Å². The summed E-state index contributed by atoms with van der Waals surface area (Å²) in [5.41, 5.74) is 2.35. The lowest BCUT2D eigenvalue weighted by molar-refractivity contribution is 0.0768. The van der Waals surface area contributed by atoms with Crippen LogP contribution in [0.1, 0.15) is 24.3 Å². The molecular formula is C14H21N3OS. The molecule has 0 saturated carbocycles. The number of aromatic nitrogens is 1. The maximum atomic E-state index is 12.3. The van der Waals surface area contributed by atoms with Crippen LogP contribution >= 0.6 is 11.3 Å². The Morgan fingerprint density at radius 1 is 1.37 bits per heavy atom. The molecule has 1 aromatic heterocycles. The third-order valence-corrected chi connectivity index (χ3v) is 4.71. The predicted molar refractivity (Wildman–Crippen MR) is 76.3 cm³/mol. The van der Waals surface area contributed by atoms with Crippen LogP contribution in [0.2, 0.25) is 0 Å². The first-order valence-corrected chi connectivity index (χ1v) is 7.97. The van der Waals surface area contributed by atoms with Crippen molar-refractivity contribution >= 4 is 17.2 Å². The van der Waals surface area contributed by atoms with Crippen LogP contribution < -0.4 is 0 Å². The van der Waals surface area contributed by atoms with Gasteiger partial charge in [-0.2, -0.15) is 0 Å². The first kappa shape index (κ1) is 13.1. The van der Waals surface area contributed by atoms with Gasteiger partial charge < -0.3 is 9.80 Å². The van der Waals surface area contributed by atoms with Crippen molar-refractivity contribution < 1.29 is 4.79 Å². The molecule has 0 aromatic carbocycles. The highest BCUT2D eigenvalue weighted by Gasteiger charge is 2.41. The average Bonchev–Trinajstić information content (AvgIpc) is 3.00. The number of rotatable bonds is 3. The van der Waals surface area contributed by atoms with Gasteiger partial charge in [0.2, 0.25) is 0 Å². The Hall–Kier alpha value is -0.940. The maximum absolute atomic E-state index is 12.3. The van der Waals surface area contributed by atoms with Gasteiger partial charge in [-0.3, -0.25) is 4.79 Å². The number of thiazole rings is 1. The fourth-order valence-corrected chi connectivity index (χ4v) is 3.93. The molecule has 4 nitrogen and oxygen atoms in total. The Morgan fingerprint density at radius 3 is 2.58 bits per heavy atom. The van der Waals surface area contributed by atoms with E-state index in [1.165, 1.54) is 17.9 Å². The summed E-state index contributed by atoms with van der Waals surface area (Å²) in [7, 11) is 0. The molecule has 2 aliphatic rings. The molecule has 0 radical (unpaired) electrons. The van der Waals surface area contributed by atoms with E-state index >= 15 is 0 Å². The van der Waals surface area contributed by atoms with Gasteiger partial charge in [0.25, 0.3) is 5.91 Å². The minimum atomic E-state index is 0.117. The molecule has 104 valence electrons. The molecule has 3 heterocycles. The van der Waals surface area contributed by atoms with Gasteiger partial charge in [0, 0.05) is 38.1 Å².